The van der Waals surface area contributed by atoms with Gasteiger partial charge in [-0.15, -0.1) is 11.3 Å². The third kappa shape index (κ3) is 2.07. The molecular weight excluding hydrogens is 232 g/mol. The lowest BCUT2D eigenvalue weighted by molar-refractivity contribution is -0.146. The maximum absolute atomic E-state index is 11.6. The first kappa shape index (κ1) is 10.8. The van der Waals surface area contributed by atoms with E-state index < -0.39 is 0 Å². The van der Waals surface area contributed by atoms with E-state index in [2.05, 4.69) is 24.4 Å². The van der Waals surface area contributed by atoms with Crippen LogP contribution in [0.25, 0.3) is 10.1 Å². The molecule has 0 radical (unpaired) electrons. The van der Waals surface area contributed by atoms with Gasteiger partial charge in [0, 0.05) is 10.3 Å². The van der Waals surface area contributed by atoms with Crippen LogP contribution in [0.2, 0.25) is 0 Å². The van der Waals surface area contributed by atoms with Crippen LogP contribution >= 0.6 is 11.3 Å². The first-order valence-corrected chi connectivity index (χ1v) is 6.75. The SMILES string of the molecule is CC1CC1C(=O)OCc1csc2ccccc12. The monoisotopic (exact) mass is 246 g/mol. The molecule has 3 heteroatoms. The lowest BCUT2D eigenvalue weighted by Crippen LogP contribution is -2.07. The second kappa shape index (κ2) is 4.15. The van der Waals surface area contributed by atoms with Crippen LogP contribution in [0.5, 0.6) is 0 Å². The van der Waals surface area contributed by atoms with Gasteiger partial charge in [-0.1, -0.05) is 25.1 Å². The molecule has 3 rings (SSSR count). The third-order valence-electron chi connectivity index (χ3n) is 3.34. The van der Waals surface area contributed by atoms with Crippen LogP contribution in [0.4, 0.5) is 0 Å². The number of ether oxygens (including phenoxy) is 1. The average Bonchev–Trinajstić information content (AvgIpc) is 2.93. The lowest BCUT2D eigenvalue weighted by Gasteiger charge is -2.03. The Balaban J connectivity index is 1.70. The molecule has 2 atom stereocenters. The van der Waals surface area contributed by atoms with Crippen molar-refractivity contribution in [2.24, 2.45) is 11.8 Å². The summed E-state index contributed by atoms with van der Waals surface area (Å²) >= 11 is 1.70. The minimum Gasteiger partial charge on any atom is -0.461 e. The predicted octanol–water partition coefficient (Wildman–Crippen LogP) is 3.60. The van der Waals surface area contributed by atoms with Crippen molar-refractivity contribution < 1.29 is 9.53 Å². The Morgan fingerprint density at radius 1 is 1.47 bits per heavy atom. The standard InChI is InChI=1S/C14H14O2S/c1-9-6-12(9)14(15)16-7-10-8-17-13-5-3-2-4-11(10)13/h2-5,8-9,12H,6-7H2,1H3. The highest BCUT2D eigenvalue weighted by Crippen LogP contribution is 2.39. The molecule has 88 valence electrons. The van der Waals surface area contributed by atoms with Crippen LogP contribution in [0.3, 0.4) is 0 Å². The molecule has 0 aliphatic heterocycles. The normalized spacial score (nSPS) is 22.6. The van der Waals surface area contributed by atoms with Crippen molar-refractivity contribution in [1.82, 2.24) is 0 Å². The average molecular weight is 246 g/mol. The zero-order valence-corrected chi connectivity index (χ0v) is 10.5. The van der Waals surface area contributed by atoms with E-state index in [0.29, 0.717) is 12.5 Å². The van der Waals surface area contributed by atoms with Gasteiger partial charge in [0.25, 0.3) is 0 Å². The summed E-state index contributed by atoms with van der Waals surface area (Å²) in [4.78, 5) is 11.6. The molecule has 0 N–H and O–H groups in total. The Bertz CT molecular complexity index is 558. The molecule has 0 amide bonds. The summed E-state index contributed by atoms with van der Waals surface area (Å²) in [6.45, 7) is 2.50. The van der Waals surface area contributed by atoms with Gasteiger partial charge in [-0.2, -0.15) is 0 Å². The van der Waals surface area contributed by atoms with E-state index in [-0.39, 0.29) is 11.9 Å². The molecule has 1 aliphatic rings. The summed E-state index contributed by atoms with van der Waals surface area (Å²) in [5.41, 5.74) is 1.12. The van der Waals surface area contributed by atoms with E-state index in [9.17, 15) is 4.79 Å². The van der Waals surface area contributed by atoms with Crippen LogP contribution in [0.15, 0.2) is 29.6 Å². The fraction of sp³-hybridized carbons (Fsp3) is 0.357. The second-order valence-corrected chi connectivity index (χ2v) is 5.60. The number of esters is 1. The van der Waals surface area contributed by atoms with E-state index in [1.807, 2.05) is 12.1 Å². The smallest absolute Gasteiger partial charge is 0.309 e. The van der Waals surface area contributed by atoms with E-state index in [1.165, 1.54) is 10.1 Å². The van der Waals surface area contributed by atoms with Gasteiger partial charge in [-0.3, -0.25) is 4.79 Å². The van der Waals surface area contributed by atoms with Crippen molar-refractivity contribution in [3.05, 3.63) is 35.2 Å². The maximum Gasteiger partial charge on any atom is 0.309 e. The van der Waals surface area contributed by atoms with Crippen LogP contribution in [-0.4, -0.2) is 5.97 Å². The Kier molecular flexibility index (Phi) is 2.63. The molecule has 0 bridgehead atoms. The topological polar surface area (TPSA) is 26.3 Å². The summed E-state index contributed by atoms with van der Waals surface area (Å²) < 4.78 is 6.61. The van der Waals surface area contributed by atoms with Gasteiger partial charge < -0.3 is 4.74 Å². The van der Waals surface area contributed by atoms with Crippen molar-refractivity contribution in [1.29, 1.82) is 0 Å². The minimum absolute atomic E-state index is 0.0345. The van der Waals surface area contributed by atoms with Crippen molar-refractivity contribution in [2.45, 2.75) is 20.0 Å². The summed E-state index contributed by atoms with van der Waals surface area (Å²) in [6, 6.07) is 8.22. The summed E-state index contributed by atoms with van der Waals surface area (Å²) in [5, 5.41) is 3.28. The molecule has 0 saturated heterocycles. The van der Waals surface area contributed by atoms with Crippen molar-refractivity contribution >= 4 is 27.4 Å². The molecule has 1 aromatic heterocycles. The highest BCUT2D eigenvalue weighted by molar-refractivity contribution is 7.17. The van der Waals surface area contributed by atoms with Crippen molar-refractivity contribution in [2.75, 3.05) is 0 Å². The Morgan fingerprint density at radius 3 is 3.00 bits per heavy atom. The number of thiophene rings is 1. The number of hydrogen-bond acceptors (Lipinski definition) is 3. The van der Waals surface area contributed by atoms with Gasteiger partial charge in [0.05, 0.1) is 5.92 Å². The molecule has 1 aromatic carbocycles. The third-order valence-corrected chi connectivity index (χ3v) is 4.36. The fourth-order valence-electron chi connectivity index (χ4n) is 2.05. The zero-order valence-electron chi connectivity index (χ0n) is 9.68. The number of benzene rings is 1. The Hall–Kier alpha value is -1.35. The van der Waals surface area contributed by atoms with E-state index in [0.717, 1.165) is 12.0 Å². The van der Waals surface area contributed by atoms with Crippen LogP contribution in [-0.2, 0) is 16.1 Å². The van der Waals surface area contributed by atoms with Gasteiger partial charge >= 0.3 is 5.97 Å². The summed E-state index contributed by atoms with van der Waals surface area (Å²) in [6.07, 6.45) is 0.989. The quantitative estimate of drug-likeness (QED) is 0.773. The largest absolute Gasteiger partial charge is 0.461 e. The molecule has 1 fully saturated rings. The molecule has 1 aliphatic carbocycles. The number of carbonyl (C=O) groups is 1. The highest BCUT2D eigenvalue weighted by Gasteiger charge is 2.40. The van der Waals surface area contributed by atoms with Crippen LogP contribution in [0, 0.1) is 11.8 Å². The molecule has 2 aromatic rings. The van der Waals surface area contributed by atoms with Gasteiger partial charge in [-0.25, -0.2) is 0 Å². The molecule has 2 unspecified atom stereocenters. The van der Waals surface area contributed by atoms with Gasteiger partial charge in [0.2, 0.25) is 0 Å². The molecule has 1 heterocycles. The first-order chi connectivity index (χ1) is 8.25. The van der Waals surface area contributed by atoms with Crippen LogP contribution < -0.4 is 0 Å². The zero-order chi connectivity index (χ0) is 11.8. The van der Waals surface area contributed by atoms with E-state index in [1.54, 1.807) is 11.3 Å². The Labute approximate surface area is 104 Å². The van der Waals surface area contributed by atoms with Crippen molar-refractivity contribution in [3.63, 3.8) is 0 Å². The van der Waals surface area contributed by atoms with Gasteiger partial charge in [0.1, 0.15) is 6.61 Å². The maximum atomic E-state index is 11.6. The van der Waals surface area contributed by atoms with Gasteiger partial charge in [-0.05, 0) is 29.2 Å². The summed E-state index contributed by atoms with van der Waals surface area (Å²) in [5.74, 6) is 0.634. The molecule has 17 heavy (non-hydrogen) atoms. The minimum atomic E-state index is -0.0345. The van der Waals surface area contributed by atoms with Gasteiger partial charge in [0.15, 0.2) is 0 Å². The second-order valence-electron chi connectivity index (χ2n) is 4.68. The predicted molar refractivity (Wildman–Crippen MR) is 68.9 cm³/mol. The lowest BCUT2D eigenvalue weighted by atomic mass is 10.2. The summed E-state index contributed by atoms with van der Waals surface area (Å²) in [7, 11) is 0. The van der Waals surface area contributed by atoms with E-state index in [4.69, 9.17) is 4.74 Å². The van der Waals surface area contributed by atoms with E-state index >= 15 is 0 Å². The number of fused-ring (bicyclic) bond motifs is 1. The molecular formula is C14H14O2S. The number of carbonyl (C=O) groups excluding carboxylic acids is 1. The van der Waals surface area contributed by atoms with Crippen LogP contribution in [0.1, 0.15) is 18.9 Å². The first-order valence-electron chi connectivity index (χ1n) is 5.87. The number of rotatable bonds is 3. The number of hydrogen-bond donors (Lipinski definition) is 0. The highest BCUT2D eigenvalue weighted by atomic mass is 32.1. The fourth-order valence-corrected chi connectivity index (χ4v) is 3.00. The Morgan fingerprint density at radius 2 is 2.24 bits per heavy atom. The molecule has 0 spiro atoms. The molecule has 1 saturated carbocycles. The molecule has 2 nitrogen and oxygen atoms in total. The van der Waals surface area contributed by atoms with Crippen molar-refractivity contribution in [3.8, 4) is 0 Å².